The van der Waals surface area contributed by atoms with Crippen LogP contribution in [0.1, 0.15) is 11.1 Å². The van der Waals surface area contributed by atoms with Crippen LogP contribution in [0.4, 0.5) is 0 Å². The predicted molar refractivity (Wildman–Crippen MR) is 144 cm³/mol. The summed E-state index contributed by atoms with van der Waals surface area (Å²) in [4.78, 5) is 10.8. The molecule has 0 spiro atoms. The Hall–Kier alpha value is -2.77. The van der Waals surface area contributed by atoms with Gasteiger partial charge in [0.2, 0.25) is 7.51 Å². The number of hydrogen-bond donors (Lipinski definition) is 0. The number of nitrogens with zero attached hydrogens (tertiary/aromatic N) is 4. The highest BCUT2D eigenvalue weighted by Crippen LogP contribution is 2.56. The van der Waals surface area contributed by atoms with Gasteiger partial charge in [-0.3, -0.25) is 0 Å². The summed E-state index contributed by atoms with van der Waals surface area (Å²) in [6.07, 6.45) is 5.23. The molecular formula is C26H39N4O4P. The fraction of sp³-hybridized carbons (Fsp3) is 0.385. The van der Waals surface area contributed by atoms with Crippen molar-refractivity contribution in [1.82, 2.24) is 14.0 Å². The molecule has 0 saturated carbocycles. The smallest absolute Gasteiger partial charge is 0.213 e. The molecule has 0 aromatic heterocycles. The summed E-state index contributed by atoms with van der Waals surface area (Å²) in [5.74, 6) is 2.49. The lowest BCUT2D eigenvalue weighted by Gasteiger charge is -2.40. The predicted octanol–water partition coefficient (Wildman–Crippen LogP) is 5.49. The second-order valence-corrected chi connectivity index (χ2v) is 11.8. The van der Waals surface area contributed by atoms with Gasteiger partial charge in [-0.05, 0) is 83.5 Å². The Labute approximate surface area is 210 Å². The number of hydrogen-bond acceptors (Lipinski definition) is 5. The number of benzene rings is 2. The van der Waals surface area contributed by atoms with Crippen LogP contribution in [0.15, 0.2) is 66.6 Å². The maximum atomic E-state index is 6.17. The topological polar surface area (TPSA) is 59.0 Å². The van der Waals surface area contributed by atoms with E-state index >= 15 is 0 Å². The van der Waals surface area contributed by atoms with E-state index in [1.54, 1.807) is 14.2 Å². The monoisotopic (exact) mass is 502 g/mol. The molecule has 0 saturated heterocycles. The van der Waals surface area contributed by atoms with Crippen molar-refractivity contribution in [3.05, 3.63) is 72.8 Å². The van der Waals surface area contributed by atoms with Crippen LogP contribution < -0.4 is 19.0 Å². The van der Waals surface area contributed by atoms with Crippen molar-refractivity contribution in [2.45, 2.75) is 12.8 Å². The molecule has 0 fully saturated rings. The van der Waals surface area contributed by atoms with Gasteiger partial charge in [0, 0.05) is 0 Å². The summed E-state index contributed by atoms with van der Waals surface area (Å²) in [6, 6.07) is 11.7. The number of methoxy groups -OCH3 is 2. The minimum absolute atomic E-state index is 0.267. The molecule has 2 rings (SSSR count). The van der Waals surface area contributed by atoms with Crippen molar-refractivity contribution in [2.75, 3.05) is 56.2 Å². The Morgan fingerprint density at radius 1 is 0.771 bits per heavy atom. The van der Waals surface area contributed by atoms with Gasteiger partial charge in [0.05, 0.1) is 14.2 Å². The molecule has 0 amide bonds. The van der Waals surface area contributed by atoms with Gasteiger partial charge >= 0.3 is 0 Å². The van der Waals surface area contributed by atoms with E-state index in [0.29, 0.717) is 23.0 Å². The fourth-order valence-electron chi connectivity index (χ4n) is 3.72. The van der Waals surface area contributed by atoms with Crippen LogP contribution in [0.3, 0.4) is 0 Å². The van der Waals surface area contributed by atoms with Gasteiger partial charge in [-0.1, -0.05) is 29.2 Å². The van der Waals surface area contributed by atoms with E-state index in [1.807, 2.05) is 88.5 Å². The minimum Gasteiger partial charge on any atom is -0.493 e. The quantitative estimate of drug-likeness (QED) is 0.146. The van der Waals surface area contributed by atoms with E-state index < -0.39 is 7.51 Å². The highest BCUT2D eigenvalue weighted by Gasteiger charge is 2.33. The first kappa shape index (κ1) is 28.5. The van der Waals surface area contributed by atoms with E-state index in [4.69, 9.17) is 24.0 Å². The Morgan fingerprint density at radius 3 is 1.71 bits per heavy atom. The maximum absolute atomic E-state index is 6.17. The van der Waals surface area contributed by atoms with Gasteiger partial charge in [-0.25, -0.2) is 14.0 Å². The Balaban J connectivity index is 2.35. The molecule has 0 aliphatic carbocycles. The number of allylic oxidation sites excluding steroid dienone is 2. The molecule has 0 aliphatic heterocycles. The largest absolute Gasteiger partial charge is 0.493 e. The van der Waals surface area contributed by atoms with E-state index in [-0.39, 0.29) is 6.73 Å². The highest BCUT2D eigenvalue weighted by molar-refractivity contribution is 7.58. The van der Waals surface area contributed by atoms with Gasteiger partial charge in [0.15, 0.2) is 23.0 Å². The van der Waals surface area contributed by atoms with Gasteiger partial charge in [-0.2, -0.15) is 0 Å². The first-order valence-corrected chi connectivity index (χ1v) is 12.9. The van der Waals surface area contributed by atoms with Crippen LogP contribution in [0, 0.1) is 0 Å². The zero-order valence-corrected chi connectivity index (χ0v) is 22.9. The summed E-state index contributed by atoms with van der Waals surface area (Å²) in [5, 5.41) is 0. The molecule has 192 valence electrons. The van der Waals surface area contributed by atoms with Crippen LogP contribution in [-0.4, -0.2) is 70.2 Å². The lowest BCUT2D eigenvalue weighted by molar-refractivity contribution is 0.200. The molecule has 9 heteroatoms. The fourth-order valence-corrected chi connectivity index (χ4v) is 6.49. The first-order valence-electron chi connectivity index (χ1n) is 11.3. The van der Waals surface area contributed by atoms with Crippen LogP contribution >= 0.6 is 7.51 Å². The van der Waals surface area contributed by atoms with Gasteiger partial charge in [0.1, 0.15) is 6.73 Å². The van der Waals surface area contributed by atoms with Crippen LogP contribution in [-0.2, 0) is 12.8 Å². The van der Waals surface area contributed by atoms with Gasteiger partial charge < -0.3 is 19.0 Å². The van der Waals surface area contributed by atoms with E-state index in [0.717, 1.165) is 24.0 Å². The Kier molecular flexibility index (Phi) is 10.9. The first-order chi connectivity index (χ1) is 16.7. The zero-order valence-electron chi connectivity index (χ0n) is 22.0. The summed E-state index contributed by atoms with van der Waals surface area (Å²) in [6.45, 7) is 7.86. The second kappa shape index (κ2) is 13.4. The lowest BCUT2D eigenvalue weighted by Crippen LogP contribution is -2.35. The van der Waals surface area contributed by atoms with Crippen LogP contribution in [0.5, 0.6) is 23.0 Å². The maximum Gasteiger partial charge on any atom is 0.213 e. The molecule has 0 atom stereocenters. The molecule has 0 heterocycles. The van der Waals surface area contributed by atoms with Gasteiger partial charge in [0.25, 0.3) is 0 Å². The Bertz CT molecular complexity index is 1040. The van der Waals surface area contributed by atoms with Crippen molar-refractivity contribution >= 4 is 7.51 Å². The normalized spacial score (nSPS) is 11.5. The van der Waals surface area contributed by atoms with E-state index in [2.05, 4.69) is 22.5 Å². The Morgan fingerprint density at radius 2 is 1.26 bits per heavy atom. The summed E-state index contributed by atoms with van der Waals surface area (Å²) in [7, 11) is 10.7. The molecule has 0 aliphatic rings. The number of ether oxygens (including phenoxy) is 3. The third-order valence-corrected chi connectivity index (χ3v) is 8.88. The molecule has 0 radical (unpaired) electrons. The third kappa shape index (κ3) is 6.89. The van der Waals surface area contributed by atoms with Crippen molar-refractivity contribution in [2.24, 2.45) is 4.91 Å². The average Bonchev–Trinajstić information content (AvgIpc) is 2.83. The molecule has 2 aromatic rings. The molecular weight excluding hydrogens is 463 g/mol. The van der Waals surface area contributed by atoms with Crippen molar-refractivity contribution in [3.8, 4) is 23.0 Å². The minimum atomic E-state index is -2.48. The second-order valence-electron chi connectivity index (χ2n) is 8.29. The van der Waals surface area contributed by atoms with Crippen LogP contribution in [0.25, 0.3) is 0 Å². The number of rotatable bonds is 14. The van der Waals surface area contributed by atoms with Gasteiger partial charge in [-0.15, -0.1) is 13.2 Å². The van der Waals surface area contributed by atoms with Crippen molar-refractivity contribution in [1.29, 1.82) is 0 Å². The zero-order chi connectivity index (χ0) is 26.0. The molecule has 35 heavy (non-hydrogen) atoms. The molecule has 0 bridgehead atoms. The van der Waals surface area contributed by atoms with Crippen molar-refractivity contribution in [3.63, 3.8) is 0 Å². The summed E-state index contributed by atoms with van der Waals surface area (Å²) >= 11 is 0. The summed E-state index contributed by atoms with van der Waals surface area (Å²) < 4.78 is 23.4. The average molecular weight is 503 g/mol. The van der Waals surface area contributed by atoms with Crippen molar-refractivity contribution < 1.29 is 19.0 Å². The third-order valence-electron chi connectivity index (χ3n) is 5.40. The van der Waals surface area contributed by atoms with Crippen LogP contribution in [0.2, 0.25) is 0 Å². The van der Waals surface area contributed by atoms with E-state index in [9.17, 15) is 0 Å². The lowest BCUT2D eigenvalue weighted by atomic mass is 10.1. The SMILES string of the molecule is C=CCc1ccc(OCN(C)P(=NOc2ccc(CC=C)cc2OC)(N(C)C)N(C)C)c(OC)c1. The summed E-state index contributed by atoms with van der Waals surface area (Å²) in [5.41, 5.74) is 2.20. The standard InChI is InChI=1S/C26H39N4O4P/c1-10-12-21-14-16-23(25(18-21)31-8)33-20-30(7)35(28(3)4,29(5)6)27-34-24-17-15-22(13-11-2)19-26(24)32-9/h10-11,14-19H,1-2,12-13,20H2,3-9H3. The molecule has 2 aromatic carbocycles. The molecule has 0 N–H and O–H groups in total. The molecule has 0 unspecified atom stereocenters. The molecule has 8 nitrogen and oxygen atoms in total. The highest BCUT2D eigenvalue weighted by atomic mass is 31.2. The van der Waals surface area contributed by atoms with E-state index in [1.165, 1.54) is 0 Å².